The van der Waals surface area contributed by atoms with Crippen molar-refractivity contribution in [2.45, 2.75) is 44.4 Å². The maximum Gasteiger partial charge on any atom is 0.137 e. The Morgan fingerprint density at radius 3 is 2.54 bits per heavy atom. The van der Waals surface area contributed by atoms with Crippen LogP contribution >= 0.6 is 11.6 Å². The van der Waals surface area contributed by atoms with Crippen LogP contribution in [0.4, 0.5) is 0 Å². The number of aromatic nitrogens is 3. The first-order valence-corrected chi connectivity index (χ1v) is 9.26. The van der Waals surface area contributed by atoms with E-state index in [-0.39, 0.29) is 12.2 Å². The van der Waals surface area contributed by atoms with Crippen molar-refractivity contribution in [2.75, 3.05) is 19.6 Å². The molecule has 1 aliphatic heterocycles. The van der Waals surface area contributed by atoms with Crippen LogP contribution in [0.2, 0.25) is 5.02 Å². The van der Waals surface area contributed by atoms with E-state index >= 15 is 0 Å². The standard InChI is InChI=1S/C19H24ClN5O/c1-15-9-24(10-16(2)26-15)8-7-19(11-21,12-25-14-22-13-23-25)17-3-5-18(20)6-4-17/h3-6,13-16H,7-10,12H2,1-2H3. The van der Waals surface area contributed by atoms with Crippen LogP contribution in [0, 0.1) is 11.3 Å². The van der Waals surface area contributed by atoms with Gasteiger partial charge in [-0.05, 0) is 38.0 Å². The van der Waals surface area contributed by atoms with Gasteiger partial charge in [-0.15, -0.1) is 0 Å². The van der Waals surface area contributed by atoms with E-state index in [1.165, 1.54) is 6.33 Å². The average Bonchev–Trinajstić information content (AvgIpc) is 3.11. The number of hydrogen-bond donors (Lipinski definition) is 0. The van der Waals surface area contributed by atoms with E-state index in [0.29, 0.717) is 18.0 Å². The number of ether oxygens (including phenoxy) is 1. The lowest BCUT2D eigenvalue weighted by atomic mass is 9.78. The Morgan fingerprint density at radius 2 is 1.96 bits per heavy atom. The molecule has 3 rings (SSSR count). The fourth-order valence-electron chi connectivity index (χ4n) is 3.65. The molecule has 3 atom stereocenters. The molecule has 2 heterocycles. The lowest BCUT2D eigenvalue weighted by Crippen LogP contribution is -2.47. The molecule has 6 nitrogen and oxygen atoms in total. The molecule has 0 spiro atoms. The summed E-state index contributed by atoms with van der Waals surface area (Å²) in [7, 11) is 0. The van der Waals surface area contributed by atoms with E-state index in [0.717, 1.165) is 25.2 Å². The topological polar surface area (TPSA) is 67.0 Å². The smallest absolute Gasteiger partial charge is 0.137 e. The fourth-order valence-corrected chi connectivity index (χ4v) is 3.77. The van der Waals surface area contributed by atoms with E-state index < -0.39 is 5.41 Å². The quantitative estimate of drug-likeness (QED) is 0.778. The van der Waals surface area contributed by atoms with Crippen molar-refractivity contribution in [3.05, 3.63) is 47.5 Å². The van der Waals surface area contributed by atoms with Gasteiger partial charge in [0.05, 0.1) is 24.8 Å². The fraction of sp³-hybridized carbons (Fsp3) is 0.526. The summed E-state index contributed by atoms with van der Waals surface area (Å²) in [6, 6.07) is 10.1. The number of rotatable bonds is 6. The molecule has 1 aliphatic rings. The molecule has 0 N–H and O–H groups in total. The highest BCUT2D eigenvalue weighted by Gasteiger charge is 2.35. The Balaban J connectivity index is 1.82. The number of nitrogens with zero attached hydrogens (tertiary/aromatic N) is 5. The maximum absolute atomic E-state index is 10.1. The van der Waals surface area contributed by atoms with Crippen molar-refractivity contribution in [1.82, 2.24) is 19.7 Å². The van der Waals surface area contributed by atoms with E-state index in [1.807, 2.05) is 24.3 Å². The molecule has 0 radical (unpaired) electrons. The highest BCUT2D eigenvalue weighted by atomic mass is 35.5. The van der Waals surface area contributed by atoms with Gasteiger partial charge in [0.15, 0.2) is 0 Å². The van der Waals surface area contributed by atoms with E-state index in [9.17, 15) is 5.26 Å². The summed E-state index contributed by atoms with van der Waals surface area (Å²) in [6.07, 6.45) is 4.27. The van der Waals surface area contributed by atoms with E-state index in [4.69, 9.17) is 16.3 Å². The summed E-state index contributed by atoms with van der Waals surface area (Å²) >= 11 is 6.05. The summed E-state index contributed by atoms with van der Waals surface area (Å²) in [6.45, 7) is 7.23. The zero-order valence-corrected chi connectivity index (χ0v) is 15.9. The third-order valence-electron chi connectivity index (χ3n) is 4.86. The van der Waals surface area contributed by atoms with E-state index in [1.54, 1.807) is 11.0 Å². The van der Waals surface area contributed by atoms with Crippen LogP contribution in [0.3, 0.4) is 0 Å². The Hall–Kier alpha value is -1.94. The zero-order valence-electron chi connectivity index (χ0n) is 15.2. The van der Waals surface area contributed by atoms with Crippen LogP contribution in [0.5, 0.6) is 0 Å². The molecule has 0 amide bonds. The lowest BCUT2D eigenvalue weighted by molar-refractivity contribution is -0.0690. The first-order chi connectivity index (χ1) is 12.5. The van der Waals surface area contributed by atoms with Crippen molar-refractivity contribution in [1.29, 1.82) is 5.26 Å². The monoisotopic (exact) mass is 373 g/mol. The Kier molecular flexibility index (Phi) is 5.92. The predicted molar refractivity (Wildman–Crippen MR) is 99.8 cm³/mol. The minimum atomic E-state index is -0.691. The third kappa shape index (κ3) is 4.42. The van der Waals surface area contributed by atoms with Crippen LogP contribution < -0.4 is 0 Å². The minimum absolute atomic E-state index is 0.209. The largest absolute Gasteiger partial charge is 0.373 e. The van der Waals surface area contributed by atoms with Crippen molar-refractivity contribution in [3.63, 3.8) is 0 Å². The molecule has 2 aromatic rings. The summed E-state index contributed by atoms with van der Waals surface area (Å²) in [5, 5.41) is 15.0. The molecule has 0 bridgehead atoms. The molecule has 0 aliphatic carbocycles. The lowest BCUT2D eigenvalue weighted by Gasteiger charge is -2.37. The maximum atomic E-state index is 10.1. The molecule has 1 fully saturated rings. The van der Waals surface area contributed by atoms with Gasteiger partial charge >= 0.3 is 0 Å². The molecular weight excluding hydrogens is 350 g/mol. The van der Waals surface area contributed by atoms with Gasteiger partial charge in [-0.2, -0.15) is 10.4 Å². The summed E-state index contributed by atoms with van der Waals surface area (Å²) in [4.78, 5) is 6.39. The van der Waals surface area contributed by atoms with Crippen molar-refractivity contribution in [3.8, 4) is 6.07 Å². The Morgan fingerprint density at radius 1 is 1.27 bits per heavy atom. The highest BCUT2D eigenvalue weighted by Crippen LogP contribution is 2.31. The first-order valence-electron chi connectivity index (χ1n) is 8.88. The van der Waals surface area contributed by atoms with E-state index in [2.05, 4.69) is 34.9 Å². The molecule has 1 aromatic carbocycles. The van der Waals surface area contributed by atoms with Crippen LogP contribution in [0.25, 0.3) is 0 Å². The second-order valence-corrected chi connectivity index (χ2v) is 7.50. The Labute approximate surface area is 159 Å². The van der Waals surface area contributed by atoms with Gasteiger partial charge < -0.3 is 4.74 Å². The number of nitriles is 1. The zero-order chi connectivity index (χ0) is 18.6. The number of morpholine rings is 1. The summed E-state index contributed by atoms with van der Waals surface area (Å²) in [5.41, 5.74) is 0.262. The normalized spacial score (nSPS) is 23.3. The second-order valence-electron chi connectivity index (χ2n) is 7.06. The highest BCUT2D eigenvalue weighted by molar-refractivity contribution is 6.30. The van der Waals surface area contributed by atoms with Crippen molar-refractivity contribution < 1.29 is 4.74 Å². The molecule has 3 unspecified atom stereocenters. The van der Waals surface area contributed by atoms with Gasteiger partial charge in [0.1, 0.15) is 18.1 Å². The number of hydrogen-bond acceptors (Lipinski definition) is 5. The van der Waals surface area contributed by atoms with Gasteiger partial charge in [0, 0.05) is 24.7 Å². The molecule has 138 valence electrons. The van der Waals surface area contributed by atoms with Crippen LogP contribution in [-0.2, 0) is 16.7 Å². The van der Waals surface area contributed by atoms with Crippen LogP contribution in [0.1, 0.15) is 25.8 Å². The van der Waals surface area contributed by atoms with Gasteiger partial charge in [0.2, 0.25) is 0 Å². The minimum Gasteiger partial charge on any atom is -0.373 e. The van der Waals surface area contributed by atoms with Crippen molar-refractivity contribution in [2.24, 2.45) is 0 Å². The summed E-state index contributed by atoms with van der Waals surface area (Å²) < 4.78 is 7.54. The average molecular weight is 374 g/mol. The predicted octanol–water partition coefficient (Wildman–Crippen LogP) is 2.89. The van der Waals surface area contributed by atoms with Crippen LogP contribution in [0.15, 0.2) is 36.9 Å². The SMILES string of the molecule is CC1CN(CCC(C#N)(Cn2cncn2)c2ccc(Cl)cc2)CC(C)O1. The molecule has 26 heavy (non-hydrogen) atoms. The summed E-state index contributed by atoms with van der Waals surface area (Å²) in [5.74, 6) is 0. The van der Waals surface area contributed by atoms with Gasteiger partial charge in [-0.3, -0.25) is 9.58 Å². The molecular formula is C19H24ClN5O. The number of benzene rings is 1. The van der Waals surface area contributed by atoms with Crippen LogP contribution in [-0.4, -0.2) is 51.5 Å². The Bertz CT molecular complexity index is 732. The van der Waals surface area contributed by atoms with Crippen molar-refractivity contribution >= 4 is 11.6 Å². The van der Waals surface area contributed by atoms with Gasteiger partial charge in [0.25, 0.3) is 0 Å². The molecule has 1 saturated heterocycles. The third-order valence-corrected chi connectivity index (χ3v) is 5.11. The molecule has 7 heteroatoms. The number of halogens is 1. The second kappa shape index (κ2) is 8.17. The molecule has 1 aromatic heterocycles. The first kappa shape index (κ1) is 18.8. The van der Waals surface area contributed by atoms with Gasteiger partial charge in [-0.1, -0.05) is 23.7 Å². The molecule has 0 saturated carbocycles. The van der Waals surface area contributed by atoms with Gasteiger partial charge in [-0.25, -0.2) is 4.98 Å².